The third-order valence-corrected chi connectivity index (χ3v) is 2.25. The van der Waals surface area contributed by atoms with Crippen molar-refractivity contribution in [2.45, 2.75) is 33.1 Å². The predicted octanol–water partition coefficient (Wildman–Crippen LogP) is -0.245. The average Bonchev–Trinajstić information content (AvgIpc) is 1.83. The van der Waals surface area contributed by atoms with E-state index >= 15 is 0 Å². The fourth-order valence-corrected chi connectivity index (χ4v) is 1.27. The van der Waals surface area contributed by atoms with Crippen LogP contribution in [0.4, 0.5) is 0 Å². The van der Waals surface area contributed by atoms with E-state index in [1.807, 2.05) is 6.92 Å². The molecule has 0 aromatic carbocycles. The molecule has 0 spiro atoms. The number of hydrogen-bond acceptors (Lipinski definition) is 1. The Hall–Kier alpha value is 1.18. The first kappa shape index (κ1) is 11.2. The Kier molecular flexibility index (Phi) is 5.52. The number of rotatable bonds is 0. The van der Waals surface area contributed by atoms with E-state index in [1.54, 1.807) is 0 Å². The Bertz CT molecular complexity index is 145. The molecule has 1 atom stereocenters. The predicted molar refractivity (Wildman–Crippen MR) is 39.5 cm³/mol. The van der Waals surface area contributed by atoms with E-state index in [2.05, 4.69) is 6.92 Å². The fraction of sp³-hybridized carbons (Fsp3) is 0.750. The van der Waals surface area contributed by atoms with Crippen LogP contribution in [0.15, 0.2) is 11.3 Å². The van der Waals surface area contributed by atoms with Gasteiger partial charge in [-0.25, -0.2) is 0 Å². The normalized spacial score (nSPS) is 26.0. The zero-order valence-corrected chi connectivity index (χ0v) is 10.3. The van der Waals surface area contributed by atoms with E-state index in [0.717, 1.165) is 12.8 Å². The van der Waals surface area contributed by atoms with Crippen molar-refractivity contribution in [1.82, 2.24) is 0 Å². The molecule has 10 heavy (non-hydrogen) atoms. The molecule has 1 unspecified atom stereocenters. The van der Waals surface area contributed by atoms with E-state index < -0.39 is 0 Å². The molecule has 0 saturated carbocycles. The second kappa shape index (κ2) is 4.94. The van der Waals surface area contributed by atoms with Crippen LogP contribution in [0.3, 0.4) is 0 Å². The van der Waals surface area contributed by atoms with Gasteiger partial charge in [0.1, 0.15) is 0 Å². The maximum atomic E-state index is 9.23. The summed E-state index contributed by atoms with van der Waals surface area (Å²) >= 11 is 0. The van der Waals surface area contributed by atoms with Crippen molar-refractivity contribution >= 4 is 0 Å². The third kappa shape index (κ3) is 2.66. The first-order chi connectivity index (χ1) is 4.22. The van der Waals surface area contributed by atoms with Gasteiger partial charge in [-0.15, -0.1) is 0 Å². The van der Waals surface area contributed by atoms with Gasteiger partial charge in [0.2, 0.25) is 0 Å². The first-order valence-electron chi connectivity index (χ1n) is 3.60. The molecule has 54 valence electrons. The van der Waals surface area contributed by atoms with Gasteiger partial charge in [0.15, 0.2) is 0 Å². The topological polar surface area (TPSA) is 20.2 Å². The molecule has 0 bridgehead atoms. The number of aliphatic hydroxyl groups is 1. The van der Waals surface area contributed by atoms with Crippen LogP contribution >= 0.6 is 0 Å². The van der Waals surface area contributed by atoms with E-state index in [9.17, 15) is 5.11 Å². The minimum Gasteiger partial charge on any atom is -1.00 e. The van der Waals surface area contributed by atoms with Crippen LogP contribution in [0.1, 0.15) is 34.5 Å². The van der Waals surface area contributed by atoms with E-state index in [0.29, 0.717) is 11.7 Å². The number of allylic oxidation sites excluding steroid dienone is 2. The summed E-state index contributed by atoms with van der Waals surface area (Å²) in [6.45, 7) is 4.20. The quantitative estimate of drug-likeness (QED) is 0.492. The van der Waals surface area contributed by atoms with Crippen LogP contribution in [-0.2, 0) is 0 Å². The Balaban J connectivity index is 0. The van der Waals surface area contributed by atoms with Gasteiger partial charge >= 0.3 is 51.4 Å². The van der Waals surface area contributed by atoms with Crippen molar-refractivity contribution in [2.75, 3.05) is 0 Å². The van der Waals surface area contributed by atoms with Crippen LogP contribution in [-0.4, -0.2) is 5.11 Å². The Morgan fingerprint density at radius 2 is 2.20 bits per heavy atom. The molecule has 1 N–H and O–H groups in total. The zero-order valence-electron chi connectivity index (χ0n) is 8.15. The third-order valence-electron chi connectivity index (χ3n) is 2.25. The molecular weight excluding hydrogens is 151 g/mol. The van der Waals surface area contributed by atoms with Crippen molar-refractivity contribution in [1.29, 1.82) is 0 Å². The SMILES string of the molecule is CC1=C(O)CCCC1C.[H-].[K+]. The van der Waals surface area contributed by atoms with Crippen LogP contribution < -0.4 is 51.4 Å². The monoisotopic (exact) mass is 166 g/mol. The molecule has 1 aliphatic carbocycles. The van der Waals surface area contributed by atoms with Crippen molar-refractivity contribution in [3.63, 3.8) is 0 Å². The van der Waals surface area contributed by atoms with Gasteiger partial charge in [-0.05, 0) is 31.3 Å². The van der Waals surface area contributed by atoms with Gasteiger partial charge in [-0.3, -0.25) is 0 Å². The fourth-order valence-electron chi connectivity index (χ4n) is 1.27. The van der Waals surface area contributed by atoms with Crippen LogP contribution in [0.5, 0.6) is 0 Å². The molecule has 0 fully saturated rings. The second-order valence-electron chi connectivity index (χ2n) is 2.92. The molecule has 0 radical (unpaired) electrons. The largest absolute Gasteiger partial charge is 1.00 e. The Morgan fingerprint density at radius 1 is 1.60 bits per heavy atom. The molecule has 2 heteroatoms. The van der Waals surface area contributed by atoms with Gasteiger partial charge in [-0.1, -0.05) is 6.92 Å². The molecule has 0 aromatic heterocycles. The van der Waals surface area contributed by atoms with Crippen molar-refractivity contribution < 1.29 is 57.9 Å². The average molecular weight is 166 g/mol. The van der Waals surface area contributed by atoms with Gasteiger partial charge in [-0.2, -0.15) is 0 Å². The molecule has 0 aliphatic heterocycles. The summed E-state index contributed by atoms with van der Waals surface area (Å²) in [5, 5.41) is 9.23. The molecule has 0 saturated heterocycles. The molecule has 0 aromatic rings. The summed E-state index contributed by atoms with van der Waals surface area (Å²) in [6, 6.07) is 0. The van der Waals surface area contributed by atoms with Gasteiger partial charge < -0.3 is 6.53 Å². The molecule has 1 aliphatic rings. The zero-order chi connectivity index (χ0) is 6.85. The summed E-state index contributed by atoms with van der Waals surface area (Å²) in [7, 11) is 0. The maximum absolute atomic E-state index is 9.23. The smallest absolute Gasteiger partial charge is 1.00 e. The van der Waals surface area contributed by atoms with Crippen molar-refractivity contribution in [3.8, 4) is 0 Å². The van der Waals surface area contributed by atoms with Crippen LogP contribution in [0, 0.1) is 5.92 Å². The Morgan fingerprint density at radius 3 is 2.60 bits per heavy atom. The van der Waals surface area contributed by atoms with E-state index in [1.165, 1.54) is 12.0 Å². The van der Waals surface area contributed by atoms with Crippen LogP contribution in [0.2, 0.25) is 0 Å². The van der Waals surface area contributed by atoms with E-state index in [-0.39, 0.29) is 52.8 Å². The number of aliphatic hydroxyl groups excluding tert-OH is 1. The van der Waals surface area contributed by atoms with Gasteiger partial charge in [0, 0.05) is 6.42 Å². The summed E-state index contributed by atoms with van der Waals surface area (Å²) < 4.78 is 0. The molecule has 0 heterocycles. The van der Waals surface area contributed by atoms with E-state index in [4.69, 9.17) is 0 Å². The first-order valence-corrected chi connectivity index (χ1v) is 3.60. The summed E-state index contributed by atoms with van der Waals surface area (Å²) in [5.41, 5.74) is 1.20. The minimum atomic E-state index is 0. The number of hydrogen-bond donors (Lipinski definition) is 1. The standard InChI is InChI=1S/C8H14O.K.H/c1-6-4-3-5-8(9)7(6)2;;/h6,9H,3-5H2,1-2H3;;/q;+1;-1. The Labute approximate surface area is 107 Å². The molecule has 1 nitrogen and oxygen atoms in total. The van der Waals surface area contributed by atoms with Crippen LogP contribution in [0.25, 0.3) is 0 Å². The minimum absolute atomic E-state index is 0. The molecular formula is C8H15KO. The maximum Gasteiger partial charge on any atom is 1.00 e. The van der Waals surface area contributed by atoms with Gasteiger partial charge in [0.05, 0.1) is 5.76 Å². The summed E-state index contributed by atoms with van der Waals surface area (Å²) in [6.07, 6.45) is 3.30. The van der Waals surface area contributed by atoms with Crippen molar-refractivity contribution in [3.05, 3.63) is 11.3 Å². The van der Waals surface area contributed by atoms with Gasteiger partial charge in [0.25, 0.3) is 0 Å². The summed E-state index contributed by atoms with van der Waals surface area (Å²) in [5.74, 6) is 1.24. The molecule has 1 rings (SSSR count). The summed E-state index contributed by atoms with van der Waals surface area (Å²) in [4.78, 5) is 0. The van der Waals surface area contributed by atoms with Crippen molar-refractivity contribution in [2.24, 2.45) is 5.92 Å². The molecule has 0 amide bonds. The second-order valence-corrected chi connectivity index (χ2v) is 2.92.